The number of likely N-dealkylation sites (tertiary alicyclic amines) is 1. The van der Waals surface area contributed by atoms with Crippen LogP contribution in [0.1, 0.15) is 18.9 Å². The molecule has 0 radical (unpaired) electrons. The van der Waals surface area contributed by atoms with E-state index in [1.807, 2.05) is 36.1 Å². The third-order valence-corrected chi connectivity index (χ3v) is 5.11. The van der Waals surface area contributed by atoms with E-state index in [0.29, 0.717) is 12.3 Å². The summed E-state index contributed by atoms with van der Waals surface area (Å²) >= 11 is 1.35. The van der Waals surface area contributed by atoms with Gasteiger partial charge in [0.1, 0.15) is 0 Å². The highest BCUT2D eigenvalue weighted by Crippen LogP contribution is 2.28. The maximum Gasteiger partial charge on any atom is 0.234 e. The number of benzene rings is 1. The fraction of sp³-hybridized carbons (Fsp3) is 0.529. The number of nitrogens with two attached hydrogens (primary N) is 1. The molecule has 1 aromatic rings. The fourth-order valence-corrected chi connectivity index (χ4v) is 3.28. The Kier molecular flexibility index (Phi) is 8.06. The van der Waals surface area contributed by atoms with Crippen molar-refractivity contribution in [3.8, 4) is 0 Å². The number of nitrogens with one attached hydrogen (secondary N) is 1. The number of amides is 2. The van der Waals surface area contributed by atoms with Gasteiger partial charge in [-0.2, -0.15) is 0 Å². The van der Waals surface area contributed by atoms with Crippen LogP contribution in [0.4, 0.5) is 5.69 Å². The van der Waals surface area contributed by atoms with Gasteiger partial charge in [0, 0.05) is 18.8 Å². The Morgan fingerprint density at radius 2 is 1.96 bits per heavy atom. The minimum atomic E-state index is -0.0835. The van der Waals surface area contributed by atoms with Crippen molar-refractivity contribution < 1.29 is 9.59 Å². The molecule has 5 nitrogen and oxygen atoms in total. The molecule has 24 heavy (non-hydrogen) atoms. The fourth-order valence-electron chi connectivity index (χ4n) is 2.56. The lowest BCUT2D eigenvalue weighted by Gasteiger charge is -2.22. The molecule has 0 bridgehead atoms. The summed E-state index contributed by atoms with van der Waals surface area (Å²) in [5.74, 6) is 0.624. The molecule has 1 aliphatic rings. The summed E-state index contributed by atoms with van der Waals surface area (Å²) in [5, 5.41) is 2.83. The summed E-state index contributed by atoms with van der Waals surface area (Å²) in [5.41, 5.74) is 7.74. The Morgan fingerprint density at radius 1 is 1.29 bits per heavy atom. The number of thioether (sulfide) groups is 1. The van der Waals surface area contributed by atoms with Crippen LogP contribution in [-0.4, -0.2) is 47.9 Å². The molecule has 0 aromatic heterocycles. The molecule has 3 N–H and O–H groups in total. The first-order valence-electron chi connectivity index (χ1n) is 7.84. The van der Waals surface area contributed by atoms with Crippen molar-refractivity contribution in [3.63, 3.8) is 0 Å². The van der Waals surface area contributed by atoms with Gasteiger partial charge in [-0.25, -0.2) is 0 Å². The first-order chi connectivity index (χ1) is 10.9. The Labute approximate surface area is 154 Å². The quantitative estimate of drug-likeness (QED) is 0.804. The summed E-state index contributed by atoms with van der Waals surface area (Å²) in [6.07, 6.45) is 0.952. The summed E-state index contributed by atoms with van der Waals surface area (Å²) < 4.78 is 0. The zero-order valence-electron chi connectivity index (χ0n) is 14.2. The van der Waals surface area contributed by atoms with Crippen molar-refractivity contribution in [1.29, 1.82) is 0 Å². The van der Waals surface area contributed by atoms with Crippen molar-refractivity contribution in [2.45, 2.75) is 20.3 Å². The molecular formula is C17H26ClN3O2S. The topological polar surface area (TPSA) is 75.4 Å². The molecule has 1 fully saturated rings. The highest BCUT2D eigenvalue weighted by atomic mass is 35.5. The molecule has 2 amide bonds. The number of anilines is 1. The standard InChI is InChI=1S/C17H25N3O2S.ClH/c1-13-3-5-14(6-4-13)19-15(21)9-23-10-16(22)20-8-7-17(2,11-18)12-20;/h3-6H,7-12,18H2,1-2H3,(H,19,21);1H. The van der Waals surface area contributed by atoms with Gasteiger partial charge in [0.15, 0.2) is 0 Å². The molecule has 1 atom stereocenters. The van der Waals surface area contributed by atoms with Crippen LogP contribution in [0.15, 0.2) is 24.3 Å². The van der Waals surface area contributed by atoms with E-state index >= 15 is 0 Å². The second kappa shape index (κ2) is 9.30. The van der Waals surface area contributed by atoms with Crippen molar-refractivity contribution >= 4 is 41.7 Å². The second-order valence-electron chi connectivity index (χ2n) is 6.49. The lowest BCUT2D eigenvalue weighted by Crippen LogP contribution is -2.35. The maximum atomic E-state index is 12.2. The highest BCUT2D eigenvalue weighted by molar-refractivity contribution is 8.00. The van der Waals surface area contributed by atoms with Gasteiger partial charge in [0.2, 0.25) is 11.8 Å². The Balaban J connectivity index is 0.00000288. The number of carbonyl (C=O) groups excluding carboxylic acids is 2. The number of hydrogen-bond donors (Lipinski definition) is 2. The van der Waals surface area contributed by atoms with Crippen LogP contribution in [0.25, 0.3) is 0 Å². The molecule has 0 aliphatic carbocycles. The first kappa shape index (κ1) is 20.8. The van der Waals surface area contributed by atoms with Gasteiger partial charge >= 0.3 is 0 Å². The van der Waals surface area contributed by atoms with Crippen molar-refractivity contribution in [2.24, 2.45) is 11.1 Å². The van der Waals surface area contributed by atoms with Gasteiger partial charge in [0.25, 0.3) is 0 Å². The lowest BCUT2D eigenvalue weighted by molar-refractivity contribution is -0.127. The van der Waals surface area contributed by atoms with E-state index in [-0.39, 0.29) is 35.4 Å². The average molecular weight is 372 g/mol. The zero-order chi connectivity index (χ0) is 16.9. The number of rotatable bonds is 6. The number of aryl methyl sites for hydroxylation is 1. The second-order valence-corrected chi connectivity index (χ2v) is 7.47. The van der Waals surface area contributed by atoms with E-state index < -0.39 is 0 Å². The van der Waals surface area contributed by atoms with Crippen LogP contribution in [-0.2, 0) is 9.59 Å². The minimum absolute atomic E-state index is 0. The van der Waals surface area contributed by atoms with Gasteiger partial charge in [-0.3, -0.25) is 9.59 Å². The Bertz CT molecular complexity index is 567. The van der Waals surface area contributed by atoms with E-state index in [9.17, 15) is 9.59 Å². The maximum absolute atomic E-state index is 12.2. The van der Waals surface area contributed by atoms with Crippen LogP contribution in [0.3, 0.4) is 0 Å². The molecule has 1 aromatic carbocycles. The molecule has 1 saturated heterocycles. The van der Waals surface area contributed by atoms with Crippen LogP contribution >= 0.6 is 24.2 Å². The normalized spacial score (nSPS) is 19.7. The molecule has 0 spiro atoms. The van der Waals surface area contributed by atoms with Gasteiger partial charge in [0.05, 0.1) is 11.5 Å². The van der Waals surface area contributed by atoms with Crippen molar-refractivity contribution in [2.75, 3.05) is 36.5 Å². The number of halogens is 1. The third-order valence-electron chi connectivity index (χ3n) is 4.20. The highest BCUT2D eigenvalue weighted by Gasteiger charge is 2.34. The molecule has 0 saturated carbocycles. The predicted octanol–water partition coefficient (Wildman–Crippen LogP) is 2.29. The SMILES string of the molecule is Cc1ccc(NC(=O)CSCC(=O)N2CCC(C)(CN)C2)cc1.Cl. The van der Waals surface area contributed by atoms with E-state index in [4.69, 9.17) is 5.73 Å². The van der Waals surface area contributed by atoms with Gasteiger partial charge in [-0.05, 0) is 37.4 Å². The summed E-state index contributed by atoms with van der Waals surface area (Å²) in [6.45, 7) is 6.20. The molecule has 1 heterocycles. The largest absolute Gasteiger partial charge is 0.341 e. The first-order valence-corrected chi connectivity index (χ1v) is 8.99. The third kappa shape index (κ3) is 6.00. The number of nitrogens with zero attached hydrogens (tertiary/aromatic N) is 1. The Hall–Kier alpha value is -1.24. The molecule has 7 heteroatoms. The van der Waals surface area contributed by atoms with E-state index in [1.54, 1.807) is 0 Å². The van der Waals surface area contributed by atoms with Crippen molar-refractivity contribution in [3.05, 3.63) is 29.8 Å². The van der Waals surface area contributed by atoms with E-state index in [2.05, 4.69) is 12.2 Å². The monoisotopic (exact) mass is 371 g/mol. The Morgan fingerprint density at radius 3 is 2.54 bits per heavy atom. The van der Waals surface area contributed by atoms with Gasteiger partial charge in [-0.15, -0.1) is 24.2 Å². The van der Waals surface area contributed by atoms with Gasteiger partial charge in [-0.1, -0.05) is 24.6 Å². The predicted molar refractivity (Wildman–Crippen MR) is 103 cm³/mol. The summed E-state index contributed by atoms with van der Waals surface area (Å²) in [6, 6.07) is 7.66. The van der Waals surface area contributed by atoms with Crippen LogP contribution in [0, 0.1) is 12.3 Å². The summed E-state index contributed by atoms with van der Waals surface area (Å²) in [4.78, 5) is 25.9. The van der Waals surface area contributed by atoms with Gasteiger partial charge < -0.3 is 16.0 Å². The molecular weight excluding hydrogens is 346 g/mol. The molecule has 1 unspecified atom stereocenters. The molecule has 1 aliphatic heterocycles. The van der Waals surface area contributed by atoms with Crippen LogP contribution in [0.2, 0.25) is 0 Å². The van der Waals surface area contributed by atoms with E-state index in [1.165, 1.54) is 11.8 Å². The minimum Gasteiger partial charge on any atom is -0.341 e. The van der Waals surface area contributed by atoms with E-state index in [0.717, 1.165) is 30.8 Å². The molecule has 2 rings (SSSR count). The van der Waals surface area contributed by atoms with Crippen LogP contribution < -0.4 is 11.1 Å². The summed E-state index contributed by atoms with van der Waals surface area (Å²) in [7, 11) is 0. The number of carbonyl (C=O) groups is 2. The van der Waals surface area contributed by atoms with Crippen molar-refractivity contribution in [1.82, 2.24) is 4.90 Å². The number of hydrogen-bond acceptors (Lipinski definition) is 4. The zero-order valence-corrected chi connectivity index (χ0v) is 15.8. The molecule has 134 valence electrons. The van der Waals surface area contributed by atoms with Crippen LogP contribution in [0.5, 0.6) is 0 Å². The smallest absolute Gasteiger partial charge is 0.234 e. The average Bonchev–Trinajstić information content (AvgIpc) is 2.93. The lowest BCUT2D eigenvalue weighted by atomic mass is 9.90.